The van der Waals surface area contributed by atoms with Gasteiger partial charge in [0.25, 0.3) is 0 Å². The Balaban J connectivity index is 1.92. The Morgan fingerprint density at radius 3 is 2.14 bits per heavy atom. The van der Waals surface area contributed by atoms with Crippen molar-refractivity contribution in [2.24, 2.45) is 0 Å². The molecule has 1 saturated heterocycles. The second-order valence-electron chi connectivity index (χ2n) is 11.9. The van der Waals surface area contributed by atoms with E-state index in [1.807, 2.05) is 30.9 Å². The lowest BCUT2D eigenvalue weighted by Crippen LogP contribution is -2.76. The Bertz CT molecular complexity index is 1270. The smallest absolute Gasteiger partial charge is 0.223 e. The van der Waals surface area contributed by atoms with E-state index in [9.17, 15) is 9.18 Å². The topological polar surface area (TPSA) is 74.8 Å². The van der Waals surface area contributed by atoms with Crippen LogP contribution in [0.5, 0.6) is 0 Å². The van der Waals surface area contributed by atoms with Gasteiger partial charge >= 0.3 is 0 Å². The average molecular weight is 458 g/mol. The first-order valence-electron chi connectivity index (χ1n) is 12.0. The van der Waals surface area contributed by atoms with Crippen LogP contribution in [0.3, 0.4) is 0 Å². The minimum absolute atomic E-state index is 0.00826. The van der Waals surface area contributed by atoms with Crippen LogP contribution in [0.1, 0.15) is 5.56 Å². The van der Waals surface area contributed by atoms with Crippen molar-refractivity contribution in [1.82, 2.24) is 20.2 Å². The molecule has 0 radical (unpaired) electrons. The third-order valence-electron chi connectivity index (χ3n) is 10.0. The van der Waals surface area contributed by atoms with Gasteiger partial charge in [-0.05, 0) is 29.1 Å². The highest BCUT2D eigenvalue weighted by molar-refractivity contribution is 6.69. The van der Waals surface area contributed by atoms with Crippen LogP contribution in [0.15, 0.2) is 48.9 Å². The molecule has 6 nitrogen and oxygen atoms in total. The number of pyridine rings is 2. The lowest BCUT2D eigenvalue weighted by Gasteiger charge is -2.72. The molecule has 1 N–H and O–H groups in total. The van der Waals surface area contributed by atoms with E-state index in [2.05, 4.69) is 82.9 Å². The van der Waals surface area contributed by atoms with Crippen LogP contribution in [0.25, 0.3) is 11.3 Å². The lowest BCUT2D eigenvalue weighted by atomic mass is 9.08. The van der Waals surface area contributed by atoms with E-state index < -0.39 is 27.0 Å². The van der Waals surface area contributed by atoms with Gasteiger partial charge in [0.05, 0.1) is 37.1 Å². The summed E-state index contributed by atoms with van der Waals surface area (Å²) in [6, 6.07) is 8.82. The summed E-state index contributed by atoms with van der Waals surface area (Å²) in [5, 5.41) is 4.78. The molecule has 0 aliphatic carbocycles. The summed E-state index contributed by atoms with van der Waals surface area (Å²) in [5.74, 6) is 0.105. The highest BCUT2D eigenvalue weighted by Crippen LogP contribution is 2.71. The molecule has 1 amide bonds. The standard InChI is InChI=1S/C19H27B9FN5O/c20-15(16(21,22)10-1-2-12(29)31-8-10)14(35)34(19(27,28)18(25,26)17(15,23)24)13-7-11(32-33-13)9-3-5-30-6-4-9/h1-8H,20-28H2,(H,32,33). The number of H-pyrrole nitrogens is 1. The Kier molecular flexibility index (Phi) is 5.85. The molecule has 0 bridgehead atoms. The van der Waals surface area contributed by atoms with E-state index in [-0.39, 0.29) is 11.1 Å². The van der Waals surface area contributed by atoms with Gasteiger partial charge in [0.2, 0.25) is 11.9 Å². The summed E-state index contributed by atoms with van der Waals surface area (Å²) >= 11 is 0. The van der Waals surface area contributed by atoms with Crippen LogP contribution in [0, 0.1) is 5.95 Å². The molecular weight excluding hydrogens is 431 g/mol. The second-order valence-corrected chi connectivity index (χ2v) is 11.9. The molecule has 1 unspecified atom stereocenters. The van der Waals surface area contributed by atoms with Gasteiger partial charge in [-0.25, -0.2) is 4.98 Å². The highest BCUT2D eigenvalue weighted by atomic mass is 19.1. The maximum atomic E-state index is 14.8. The molecule has 35 heavy (non-hydrogen) atoms. The summed E-state index contributed by atoms with van der Waals surface area (Å²) in [4.78, 5) is 24.7. The van der Waals surface area contributed by atoms with E-state index in [0.717, 1.165) is 16.8 Å². The van der Waals surface area contributed by atoms with Crippen molar-refractivity contribution in [2.45, 2.75) is 26.3 Å². The summed E-state index contributed by atoms with van der Waals surface area (Å²) in [7, 11) is 19.2. The number of aromatic nitrogens is 4. The van der Waals surface area contributed by atoms with Crippen LogP contribution in [-0.4, -0.2) is 102 Å². The first-order chi connectivity index (χ1) is 16.1. The van der Waals surface area contributed by atoms with Crippen molar-refractivity contribution < 1.29 is 9.18 Å². The highest BCUT2D eigenvalue weighted by Gasteiger charge is 2.69. The molecule has 168 valence electrons. The predicted molar refractivity (Wildman–Crippen MR) is 163 cm³/mol. The SMILES string of the molecule is BC(B)(c1ccc(F)nc1)C1(B)C(=O)N(c2cc(-c3ccncc3)n[nH]2)C(B)(B)C(B)(B)C1(B)B. The molecule has 16 heteroatoms. The van der Waals surface area contributed by atoms with Gasteiger partial charge < -0.3 is 4.90 Å². The first-order valence-corrected chi connectivity index (χ1v) is 12.0. The molecule has 1 atom stereocenters. The quantitative estimate of drug-likeness (QED) is 0.313. The summed E-state index contributed by atoms with van der Waals surface area (Å²) < 4.78 is 13.7. The Labute approximate surface area is 214 Å². The minimum Gasteiger partial charge on any atom is -0.309 e. The number of carbonyl (C=O) groups excluding carboxylic acids is 1. The minimum atomic E-state index is -0.875. The summed E-state index contributed by atoms with van der Waals surface area (Å²) in [5.41, 5.74) is 2.49. The van der Waals surface area contributed by atoms with E-state index in [0.29, 0.717) is 5.82 Å². The molecule has 4 rings (SSSR count). The van der Waals surface area contributed by atoms with E-state index in [4.69, 9.17) is 0 Å². The molecule has 3 aromatic rings. The molecule has 3 aromatic heterocycles. The maximum absolute atomic E-state index is 14.8. The largest absolute Gasteiger partial charge is 0.309 e. The van der Waals surface area contributed by atoms with E-state index >= 15 is 0 Å². The zero-order chi connectivity index (χ0) is 26.0. The number of anilines is 1. The number of halogens is 1. The summed E-state index contributed by atoms with van der Waals surface area (Å²) in [6.45, 7) is 0. The normalized spacial score (nSPS) is 23.1. The third kappa shape index (κ3) is 3.35. The van der Waals surface area contributed by atoms with E-state index in [1.165, 1.54) is 6.07 Å². The summed E-state index contributed by atoms with van der Waals surface area (Å²) in [6.07, 6.45) is 5.00. The van der Waals surface area contributed by atoms with Gasteiger partial charge in [0, 0.05) is 35.5 Å². The van der Waals surface area contributed by atoms with Gasteiger partial charge in [0.15, 0.2) is 0 Å². The molecule has 1 aliphatic rings. The van der Waals surface area contributed by atoms with Crippen molar-refractivity contribution in [2.75, 3.05) is 4.90 Å². The Morgan fingerprint density at radius 2 is 1.57 bits per heavy atom. The average Bonchev–Trinajstić information content (AvgIpc) is 3.27. The molecule has 0 aromatic carbocycles. The van der Waals surface area contributed by atoms with Crippen molar-refractivity contribution >= 4 is 82.3 Å². The molecule has 4 heterocycles. The predicted octanol–water partition coefficient (Wildman–Crippen LogP) is -6.05. The number of piperidine rings is 1. The van der Waals surface area contributed by atoms with Gasteiger partial charge in [-0.1, -0.05) is 21.7 Å². The number of nitrogens with one attached hydrogen (secondary N) is 1. The van der Waals surface area contributed by atoms with Crippen LogP contribution < -0.4 is 4.90 Å². The fourth-order valence-corrected chi connectivity index (χ4v) is 6.00. The van der Waals surface area contributed by atoms with Crippen LogP contribution in [-0.2, 0) is 10.0 Å². The Morgan fingerprint density at radius 1 is 0.943 bits per heavy atom. The molecule has 1 aliphatic heterocycles. The first kappa shape index (κ1) is 25.6. The van der Waals surface area contributed by atoms with Gasteiger partial charge in [-0.3, -0.25) is 14.9 Å². The number of hydrogen-bond donors (Lipinski definition) is 1. The lowest BCUT2D eigenvalue weighted by molar-refractivity contribution is -0.124. The number of amides is 1. The number of nitrogens with zero attached hydrogens (tertiary/aromatic N) is 4. The second kappa shape index (κ2) is 8.00. The fraction of sp³-hybridized carbons (Fsp3) is 0.263. The van der Waals surface area contributed by atoms with Gasteiger partial charge in [0.1, 0.15) is 45.0 Å². The maximum Gasteiger partial charge on any atom is 0.223 e. The third-order valence-corrected chi connectivity index (χ3v) is 10.0. The number of hydrogen-bond acceptors (Lipinski definition) is 4. The van der Waals surface area contributed by atoms with Crippen molar-refractivity contribution in [3.05, 3.63) is 60.4 Å². The molecule has 1 fully saturated rings. The Hall–Kier alpha value is -2.51. The van der Waals surface area contributed by atoms with Gasteiger partial charge in [-0.2, -0.15) is 9.49 Å². The zero-order valence-corrected chi connectivity index (χ0v) is 22.2. The van der Waals surface area contributed by atoms with Crippen molar-refractivity contribution in [3.8, 4) is 11.3 Å². The molecular formula is C19H27B9FN5O. The number of carbonyl (C=O) groups is 1. The fourth-order valence-electron chi connectivity index (χ4n) is 6.00. The zero-order valence-electron chi connectivity index (χ0n) is 22.2. The van der Waals surface area contributed by atoms with Crippen LogP contribution in [0.4, 0.5) is 10.2 Å². The van der Waals surface area contributed by atoms with E-state index in [1.54, 1.807) is 24.7 Å². The number of aromatic amines is 1. The van der Waals surface area contributed by atoms with Gasteiger partial charge in [-0.15, -0.1) is 0 Å². The van der Waals surface area contributed by atoms with Crippen LogP contribution in [0.2, 0.25) is 15.7 Å². The van der Waals surface area contributed by atoms with Crippen LogP contribution >= 0.6 is 0 Å². The molecule has 0 saturated carbocycles. The molecule has 0 spiro atoms. The monoisotopic (exact) mass is 459 g/mol. The van der Waals surface area contributed by atoms with Crippen molar-refractivity contribution in [1.29, 1.82) is 0 Å². The number of rotatable bonds is 4. The van der Waals surface area contributed by atoms with Crippen molar-refractivity contribution in [3.63, 3.8) is 0 Å².